The van der Waals surface area contributed by atoms with Crippen molar-refractivity contribution >= 4 is 15.9 Å². The maximum Gasteiger partial charge on any atom is 0.284 e. The van der Waals surface area contributed by atoms with E-state index in [-0.39, 0.29) is 17.8 Å². The second-order valence-corrected chi connectivity index (χ2v) is 9.57. The first-order chi connectivity index (χ1) is 10.8. The highest BCUT2D eigenvalue weighted by molar-refractivity contribution is 7.87. The molecule has 0 aromatic carbocycles. The topological polar surface area (TPSA) is 63.7 Å². The zero-order valence-corrected chi connectivity index (χ0v) is 15.3. The average molecular weight is 343 g/mol. The van der Waals surface area contributed by atoms with E-state index in [1.54, 1.807) is 6.92 Å². The number of piperidine rings is 1. The molecule has 2 aliphatic carbocycles. The third-order valence-corrected chi connectivity index (χ3v) is 8.50. The Balaban J connectivity index is 2.09. The molecule has 0 N–H and O–H groups in total. The molecule has 2 bridgehead atoms. The van der Waals surface area contributed by atoms with Crippen LogP contribution in [0.1, 0.15) is 59.3 Å². The van der Waals surface area contributed by atoms with Crippen LogP contribution in [0.25, 0.3) is 0 Å². The van der Waals surface area contributed by atoms with Crippen molar-refractivity contribution in [1.82, 2.24) is 4.90 Å². The molecule has 6 heteroatoms. The van der Waals surface area contributed by atoms with E-state index in [0.29, 0.717) is 18.8 Å². The summed E-state index contributed by atoms with van der Waals surface area (Å²) in [5.74, 6) is 0.441. The van der Waals surface area contributed by atoms with Gasteiger partial charge >= 0.3 is 0 Å². The summed E-state index contributed by atoms with van der Waals surface area (Å²) in [6.45, 7) is 7.49. The monoisotopic (exact) mass is 343 g/mol. The molecule has 3 atom stereocenters. The highest BCUT2D eigenvalue weighted by atomic mass is 32.2. The minimum Gasteiger partial charge on any atom is -0.299 e. The van der Waals surface area contributed by atoms with Gasteiger partial charge in [-0.2, -0.15) is 8.42 Å². The van der Waals surface area contributed by atoms with Gasteiger partial charge in [-0.3, -0.25) is 13.9 Å². The average Bonchev–Trinajstić information content (AvgIpc) is 2.83. The second kappa shape index (κ2) is 5.81. The van der Waals surface area contributed by atoms with E-state index in [1.807, 2.05) is 4.90 Å². The standard InChI is InChI=1S/C17H29NO4S/c1-4-22-23(20,21)15(18-10-6-5-7-11-18)17-9-8-13(12-14(17)19)16(17,2)3/h13,15H,4-12H2,1-3H3/t13-,15-,17-/m0/s1. The highest BCUT2D eigenvalue weighted by Gasteiger charge is 2.71. The molecule has 5 nitrogen and oxygen atoms in total. The number of Topliss-reactive ketones (excluding diaryl/α,β-unsaturated/α-hetero) is 1. The molecule has 2 saturated carbocycles. The zero-order chi connectivity index (χ0) is 16.9. The normalized spacial score (nSPS) is 35.6. The van der Waals surface area contributed by atoms with Crippen LogP contribution in [0.2, 0.25) is 0 Å². The molecule has 132 valence electrons. The van der Waals surface area contributed by atoms with Crippen molar-refractivity contribution < 1.29 is 17.4 Å². The van der Waals surface area contributed by atoms with Crippen LogP contribution in [-0.2, 0) is 19.1 Å². The van der Waals surface area contributed by atoms with Crippen molar-refractivity contribution in [2.24, 2.45) is 16.7 Å². The van der Waals surface area contributed by atoms with Gasteiger partial charge in [-0.1, -0.05) is 20.3 Å². The molecular weight excluding hydrogens is 314 g/mol. The van der Waals surface area contributed by atoms with E-state index in [1.165, 1.54) is 0 Å². The van der Waals surface area contributed by atoms with Gasteiger partial charge in [0.2, 0.25) is 0 Å². The fourth-order valence-corrected chi connectivity index (χ4v) is 7.49. The lowest BCUT2D eigenvalue weighted by Gasteiger charge is -2.47. The summed E-state index contributed by atoms with van der Waals surface area (Å²) < 4.78 is 31.3. The van der Waals surface area contributed by atoms with E-state index in [2.05, 4.69) is 13.8 Å². The number of likely N-dealkylation sites (tertiary alicyclic amines) is 1. The highest BCUT2D eigenvalue weighted by Crippen LogP contribution is 2.66. The molecule has 1 saturated heterocycles. The van der Waals surface area contributed by atoms with Gasteiger partial charge in [-0.15, -0.1) is 0 Å². The minimum absolute atomic E-state index is 0.126. The number of fused-ring (bicyclic) bond motifs is 2. The Bertz CT molecular complexity index is 579. The number of ketones is 1. The van der Waals surface area contributed by atoms with Gasteiger partial charge in [-0.05, 0) is 57.0 Å². The van der Waals surface area contributed by atoms with Crippen LogP contribution in [0, 0.1) is 16.7 Å². The lowest BCUT2D eigenvalue weighted by atomic mass is 9.68. The van der Waals surface area contributed by atoms with Crippen molar-refractivity contribution in [2.75, 3.05) is 19.7 Å². The van der Waals surface area contributed by atoms with Crippen molar-refractivity contribution in [3.05, 3.63) is 0 Å². The van der Waals surface area contributed by atoms with Crippen molar-refractivity contribution in [3.8, 4) is 0 Å². The fourth-order valence-electron chi connectivity index (χ4n) is 5.41. The third kappa shape index (κ3) is 2.40. The number of hydrogen-bond acceptors (Lipinski definition) is 5. The van der Waals surface area contributed by atoms with E-state index >= 15 is 0 Å². The van der Waals surface area contributed by atoms with Gasteiger partial charge in [0.25, 0.3) is 10.1 Å². The Kier molecular flexibility index (Phi) is 4.39. The van der Waals surface area contributed by atoms with E-state index in [9.17, 15) is 13.2 Å². The molecule has 23 heavy (non-hydrogen) atoms. The van der Waals surface area contributed by atoms with Crippen LogP contribution in [0.5, 0.6) is 0 Å². The molecule has 0 aromatic heterocycles. The van der Waals surface area contributed by atoms with Gasteiger partial charge in [0, 0.05) is 6.42 Å². The first-order valence-corrected chi connectivity index (χ1v) is 10.4. The van der Waals surface area contributed by atoms with Gasteiger partial charge in [-0.25, -0.2) is 0 Å². The first kappa shape index (κ1) is 17.4. The number of rotatable bonds is 5. The minimum atomic E-state index is -3.80. The van der Waals surface area contributed by atoms with Gasteiger partial charge in [0.05, 0.1) is 12.0 Å². The van der Waals surface area contributed by atoms with Crippen molar-refractivity contribution in [2.45, 2.75) is 64.7 Å². The number of carbonyl (C=O) groups is 1. The molecule has 0 aromatic rings. The molecule has 0 unspecified atom stereocenters. The van der Waals surface area contributed by atoms with E-state index in [4.69, 9.17) is 4.18 Å². The van der Waals surface area contributed by atoms with Crippen molar-refractivity contribution in [3.63, 3.8) is 0 Å². The third-order valence-electron chi connectivity index (χ3n) is 6.69. The van der Waals surface area contributed by atoms with E-state index in [0.717, 1.165) is 38.8 Å². The number of carbonyl (C=O) groups excluding carboxylic acids is 1. The van der Waals surface area contributed by atoms with Crippen LogP contribution < -0.4 is 0 Å². The SMILES string of the molecule is CCOS(=O)(=O)[C@H](N1CCCCC1)[C@]12CC[C@@H](CC1=O)C2(C)C. The Morgan fingerprint density at radius 1 is 1.26 bits per heavy atom. The van der Waals surface area contributed by atoms with Crippen LogP contribution in [-0.4, -0.2) is 44.2 Å². The molecular formula is C17H29NO4S. The Hall–Kier alpha value is -0.460. The molecule has 3 rings (SSSR count). The first-order valence-electron chi connectivity index (χ1n) is 8.93. The molecule has 3 aliphatic rings. The summed E-state index contributed by atoms with van der Waals surface area (Å²) in [6.07, 6.45) is 5.27. The molecule has 1 heterocycles. The largest absolute Gasteiger partial charge is 0.299 e. The maximum atomic E-state index is 13.0. The quantitative estimate of drug-likeness (QED) is 0.718. The van der Waals surface area contributed by atoms with Gasteiger partial charge < -0.3 is 0 Å². The Morgan fingerprint density at radius 3 is 2.39 bits per heavy atom. The zero-order valence-electron chi connectivity index (χ0n) is 14.5. The predicted molar refractivity (Wildman–Crippen MR) is 88.3 cm³/mol. The summed E-state index contributed by atoms with van der Waals surface area (Å²) in [7, 11) is -3.80. The summed E-state index contributed by atoms with van der Waals surface area (Å²) in [4.78, 5) is 15.0. The molecule has 0 spiro atoms. The van der Waals surface area contributed by atoms with Crippen LogP contribution in [0.3, 0.4) is 0 Å². The van der Waals surface area contributed by atoms with Gasteiger partial charge in [0.15, 0.2) is 5.37 Å². The van der Waals surface area contributed by atoms with E-state index < -0.39 is 20.9 Å². The van der Waals surface area contributed by atoms with Gasteiger partial charge in [0.1, 0.15) is 5.78 Å². The summed E-state index contributed by atoms with van der Waals surface area (Å²) in [5, 5.41) is -0.815. The Morgan fingerprint density at radius 2 is 1.91 bits per heavy atom. The summed E-state index contributed by atoms with van der Waals surface area (Å²) in [5.41, 5.74) is -1.08. The smallest absolute Gasteiger partial charge is 0.284 e. The molecule has 3 fully saturated rings. The van der Waals surface area contributed by atoms with Crippen LogP contribution >= 0.6 is 0 Å². The van der Waals surface area contributed by atoms with Crippen molar-refractivity contribution in [1.29, 1.82) is 0 Å². The molecule has 0 radical (unpaired) electrons. The second-order valence-electron chi connectivity index (χ2n) is 7.90. The predicted octanol–water partition coefficient (Wildman–Crippen LogP) is 2.56. The lowest BCUT2D eigenvalue weighted by molar-refractivity contribution is -0.132. The van der Waals surface area contributed by atoms with Crippen LogP contribution in [0.15, 0.2) is 0 Å². The lowest BCUT2D eigenvalue weighted by Crippen LogP contribution is -2.59. The number of hydrogen-bond donors (Lipinski definition) is 0. The molecule has 0 amide bonds. The Labute approximate surface area is 139 Å². The summed E-state index contributed by atoms with van der Waals surface area (Å²) in [6, 6.07) is 0. The maximum absolute atomic E-state index is 13.0. The number of nitrogens with zero attached hydrogens (tertiary/aromatic N) is 1. The van der Waals surface area contributed by atoms with Crippen LogP contribution in [0.4, 0.5) is 0 Å². The fraction of sp³-hybridized carbons (Fsp3) is 0.941. The molecule has 1 aliphatic heterocycles. The summed E-state index contributed by atoms with van der Waals surface area (Å²) >= 11 is 0.